The number of piperidine rings is 1. The molecule has 2 aliphatic rings. The van der Waals surface area contributed by atoms with Crippen molar-refractivity contribution in [3.63, 3.8) is 0 Å². The first-order chi connectivity index (χ1) is 10.0. The van der Waals surface area contributed by atoms with Crippen molar-refractivity contribution >= 4 is 12.0 Å². The van der Waals surface area contributed by atoms with Gasteiger partial charge in [-0.05, 0) is 32.7 Å². The molecule has 0 aliphatic carbocycles. The third-order valence-corrected chi connectivity index (χ3v) is 4.78. The third-order valence-electron chi connectivity index (χ3n) is 4.78. The summed E-state index contributed by atoms with van der Waals surface area (Å²) in [5, 5.41) is 9.04. The quantitative estimate of drug-likeness (QED) is 0.853. The highest BCUT2D eigenvalue weighted by molar-refractivity contribution is 5.80. The van der Waals surface area contributed by atoms with Crippen molar-refractivity contribution in [1.82, 2.24) is 14.7 Å². The average Bonchev–Trinajstić information content (AvgIpc) is 2.50. The van der Waals surface area contributed by atoms with Crippen molar-refractivity contribution < 1.29 is 14.7 Å². The van der Waals surface area contributed by atoms with Crippen LogP contribution in [0.1, 0.15) is 39.5 Å². The maximum Gasteiger partial charge on any atom is 0.323 e. The number of carboxylic acid groups (broad SMARTS) is 1. The van der Waals surface area contributed by atoms with Gasteiger partial charge < -0.3 is 14.9 Å². The van der Waals surface area contributed by atoms with E-state index in [9.17, 15) is 9.59 Å². The predicted molar refractivity (Wildman–Crippen MR) is 80.3 cm³/mol. The Morgan fingerprint density at radius 2 is 2.05 bits per heavy atom. The van der Waals surface area contributed by atoms with Gasteiger partial charge in [-0.2, -0.15) is 0 Å². The highest BCUT2D eigenvalue weighted by atomic mass is 16.4. The number of hydrogen-bond donors (Lipinski definition) is 1. The minimum Gasteiger partial charge on any atom is -0.480 e. The number of urea groups is 1. The number of carboxylic acids is 1. The molecule has 0 aromatic heterocycles. The Balaban J connectivity index is 2.01. The molecule has 2 amide bonds. The lowest BCUT2D eigenvalue weighted by Gasteiger charge is -2.45. The molecule has 6 heteroatoms. The van der Waals surface area contributed by atoms with Gasteiger partial charge in [-0.3, -0.25) is 9.69 Å². The smallest absolute Gasteiger partial charge is 0.323 e. The number of nitrogens with zero attached hydrogens (tertiary/aromatic N) is 3. The van der Waals surface area contributed by atoms with E-state index in [0.717, 1.165) is 32.5 Å². The van der Waals surface area contributed by atoms with Crippen LogP contribution in [0.25, 0.3) is 0 Å². The molecule has 2 unspecified atom stereocenters. The molecule has 2 heterocycles. The fourth-order valence-corrected chi connectivity index (χ4v) is 3.29. The Morgan fingerprint density at radius 1 is 1.29 bits per heavy atom. The molecule has 0 radical (unpaired) electrons. The number of rotatable bonds is 4. The van der Waals surface area contributed by atoms with Crippen LogP contribution in [0.3, 0.4) is 0 Å². The molecule has 1 N–H and O–H groups in total. The number of fused-ring (bicyclic) bond motifs is 1. The molecular formula is C15H27N3O3. The van der Waals surface area contributed by atoms with Gasteiger partial charge in [0.25, 0.3) is 0 Å². The van der Waals surface area contributed by atoms with Gasteiger partial charge in [0.05, 0.1) is 0 Å². The van der Waals surface area contributed by atoms with Crippen LogP contribution in [-0.4, -0.2) is 76.6 Å². The van der Waals surface area contributed by atoms with Crippen LogP contribution in [0, 0.1) is 0 Å². The molecule has 21 heavy (non-hydrogen) atoms. The fraction of sp³-hybridized carbons (Fsp3) is 0.867. The summed E-state index contributed by atoms with van der Waals surface area (Å²) in [5.41, 5.74) is 0. The van der Waals surface area contributed by atoms with Gasteiger partial charge in [0.1, 0.15) is 6.54 Å². The molecule has 0 saturated carbocycles. The summed E-state index contributed by atoms with van der Waals surface area (Å²) < 4.78 is 0. The van der Waals surface area contributed by atoms with Gasteiger partial charge in [-0.25, -0.2) is 4.79 Å². The Hall–Kier alpha value is -1.30. The van der Waals surface area contributed by atoms with Crippen LogP contribution >= 0.6 is 0 Å². The van der Waals surface area contributed by atoms with Crippen LogP contribution in [0.2, 0.25) is 0 Å². The molecule has 0 bridgehead atoms. The van der Waals surface area contributed by atoms with E-state index in [1.54, 1.807) is 0 Å². The number of carbonyl (C=O) groups excluding carboxylic acids is 1. The molecule has 2 atom stereocenters. The second-order valence-corrected chi connectivity index (χ2v) is 6.19. The number of carbonyl (C=O) groups is 2. The summed E-state index contributed by atoms with van der Waals surface area (Å²) in [6, 6.07) is 0.301. The summed E-state index contributed by atoms with van der Waals surface area (Å²) in [6.07, 6.45) is 4.39. The largest absolute Gasteiger partial charge is 0.480 e. The van der Waals surface area contributed by atoms with Crippen molar-refractivity contribution in [2.75, 3.05) is 32.7 Å². The Labute approximate surface area is 126 Å². The second-order valence-electron chi connectivity index (χ2n) is 6.19. The van der Waals surface area contributed by atoms with Crippen LogP contribution < -0.4 is 0 Å². The van der Waals surface area contributed by atoms with Crippen molar-refractivity contribution in [2.24, 2.45) is 0 Å². The first-order valence-electron chi connectivity index (χ1n) is 8.04. The highest BCUT2D eigenvalue weighted by Crippen LogP contribution is 2.22. The summed E-state index contributed by atoms with van der Waals surface area (Å²) in [7, 11) is 0. The fourth-order valence-electron chi connectivity index (χ4n) is 3.29. The van der Waals surface area contributed by atoms with E-state index < -0.39 is 5.97 Å². The van der Waals surface area contributed by atoms with E-state index in [-0.39, 0.29) is 18.6 Å². The number of piperazine rings is 1. The Bertz CT molecular complexity index is 388. The van der Waals surface area contributed by atoms with Crippen molar-refractivity contribution in [2.45, 2.75) is 51.6 Å². The van der Waals surface area contributed by atoms with E-state index in [2.05, 4.69) is 4.90 Å². The van der Waals surface area contributed by atoms with E-state index in [0.29, 0.717) is 12.6 Å². The molecule has 120 valence electrons. The summed E-state index contributed by atoms with van der Waals surface area (Å²) in [6.45, 7) is 7.18. The lowest BCUT2D eigenvalue weighted by molar-refractivity contribution is -0.138. The second kappa shape index (κ2) is 7.11. The Kier molecular flexibility index (Phi) is 5.45. The van der Waals surface area contributed by atoms with E-state index >= 15 is 0 Å². The van der Waals surface area contributed by atoms with Gasteiger partial charge in [0, 0.05) is 31.7 Å². The summed E-state index contributed by atoms with van der Waals surface area (Å²) in [4.78, 5) is 29.5. The monoisotopic (exact) mass is 297 g/mol. The number of amides is 2. The molecule has 0 spiro atoms. The zero-order chi connectivity index (χ0) is 15.4. The van der Waals surface area contributed by atoms with Gasteiger partial charge in [-0.1, -0.05) is 13.3 Å². The van der Waals surface area contributed by atoms with Crippen LogP contribution in [0.4, 0.5) is 4.79 Å². The molecule has 2 rings (SSSR count). The molecule has 2 saturated heterocycles. The Morgan fingerprint density at radius 3 is 2.71 bits per heavy atom. The first-order valence-corrected chi connectivity index (χ1v) is 8.04. The maximum atomic E-state index is 12.7. The van der Waals surface area contributed by atoms with Crippen LogP contribution in [0.5, 0.6) is 0 Å². The van der Waals surface area contributed by atoms with Crippen LogP contribution in [-0.2, 0) is 4.79 Å². The van der Waals surface area contributed by atoms with Gasteiger partial charge >= 0.3 is 12.0 Å². The topological polar surface area (TPSA) is 64.1 Å². The average molecular weight is 297 g/mol. The molecular weight excluding hydrogens is 270 g/mol. The van der Waals surface area contributed by atoms with Gasteiger partial charge in [0.2, 0.25) is 0 Å². The maximum absolute atomic E-state index is 12.7. The SMILES string of the molecule is CCC(C)N(CC(=O)O)C(=O)N1CCN2CCCCC2C1. The lowest BCUT2D eigenvalue weighted by atomic mass is 9.99. The first kappa shape index (κ1) is 16.1. The minimum atomic E-state index is -0.944. The number of aliphatic carboxylic acids is 1. The summed E-state index contributed by atoms with van der Waals surface area (Å²) >= 11 is 0. The minimum absolute atomic E-state index is 0.0435. The molecule has 6 nitrogen and oxygen atoms in total. The van der Waals surface area contributed by atoms with Gasteiger partial charge in [-0.15, -0.1) is 0 Å². The normalized spacial score (nSPS) is 24.3. The molecule has 0 aromatic rings. The van der Waals surface area contributed by atoms with E-state index in [1.807, 2.05) is 18.7 Å². The molecule has 2 aliphatic heterocycles. The zero-order valence-electron chi connectivity index (χ0n) is 13.1. The highest BCUT2D eigenvalue weighted by Gasteiger charge is 2.34. The molecule has 2 fully saturated rings. The van der Waals surface area contributed by atoms with Crippen molar-refractivity contribution in [1.29, 1.82) is 0 Å². The van der Waals surface area contributed by atoms with Crippen LogP contribution in [0.15, 0.2) is 0 Å². The number of hydrogen-bond acceptors (Lipinski definition) is 3. The van der Waals surface area contributed by atoms with Gasteiger partial charge in [0.15, 0.2) is 0 Å². The third kappa shape index (κ3) is 3.87. The lowest BCUT2D eigenvalue weighted by Crippen LogP contribution is -2.59. The standard InChI is InChI=1S/C15H27N3O3/c1-3-12(2)18(11-14(19)20)15(21)17-9-8-16-7-5-4-6-13(16)10-17/h12-13H,3-11H2,1-2H3,(H,19,20). The van der Waals surface area contributed by atoms with Crippen molar-refractivity contribution in [3.05, 3.63) is 0 Å². The molecule has 0 aromatic carbocycles. The predicted octanol–water partition coefficient (Wildman–Crippen LogP) is 1.46. The van der Waals surface area contributed by atoms with E-state index in [1.165, 1.54) is 17.7 Å². The van der Waals surface area contributed by atoms with Crippen molar-refractivity contribution in [3.8, 4) is 0 Å². The van der Waals surface area contributed by atoms with E-state index in [4.69, 9.17) is 5.11 Å². The zero-order valence-corrected chi connectivity index (χ0v) is 13.1. The summed E-state index contributed by atoms with van der Waals surface area (Å²) in [5.74, 6) is -0.944.